The number of carbonyl (C=O) groups is 2. The minimum absolute atomic E-state index is 0.131. The van der Waals surface area contributed by atoms with E-state index in [-0.39, 0.29) is 22.8 Å². The summed E-state index contributed by atoms with van der Waals surface area (Å²) in [4.78, 5) is 41.9. The molecule has 0 atom stereocenters. The first kappa shape index (κ1) is 22.6. The van der Waals surface area contributed by atoms with Gasteiger partial charge in [0.2, 0.25) is 5.43 Å². The number of carbonyl (C=O) groups excluding carboxylic acids is 1. The van der Waals surface area contributed by atoms with Crippen molar-refractivity contribution in [2.45, 2.75) is 33.4 Å². The van der Waals surface area contributed by atoms with Crippen molar-refractivity contribution < 1.29 is 14.7 Å². The number of pyridine rings is 1. The summed E-state index contributed by atoms with van der Waals surface area (Å²) in [6.07, 6.45) is 2.38. The number of hydrogen-bond donors (Lipinski definition) is 1. The maximum atomic E-state index is 13.3. The molecule has 3 aromatic rings. The molecule has 2 heterocycles. The van der Waals surface area contributed by atoms with Crippen molar-refractivity contribution in [2.24, 2.45) is 5.92 Å². The Kier molecular flexibility index (Phi) is 6.22. The Bertz CT molecular complexity index is 1260. The summed E-state index contributed by atoms with van der Waals surface area (Å²) >= 11 is 0. The van der Waals surface area contributed by atoms with Gasteiger partial charge in [-0.05, 0) is 30.0 Å². The van der Waals surface area contributed by atoms with E-state index in [2.05, 4.69) is 0 Å². The minimum atomic E-state index is -1.26. The van der Waals surface area contributed by atoms with Gasteiger partial charge in [-0.15, -0.1) is 0 Å². The van der Waals surface area contributed by atoms with Crippen molar-refractivity contribution in [3.63, 3.8) is 0 Å². The summed E-state index contributed by atoms with van der Waals surface area (Å²) in [7, 11) is 1.93. The van der Waals surface area contributed by atoms with Crippen LogP contribution in [0.2, 0.25) is 0 Å². The molecule has 0 spiro atoms. The Morgan fingerprint density at radius 2 is 1.79 bits per heavy atom. The predicted octanol–water partition coefficient (Wildman–Crippen LogP) is 3.84. The van der Waals surface area contributed by atoms with Gasteiger partial charge in [-0.25, -0.2) is 4.79 Å². The molecule has 4 rings (SSSR count). The Morgan fingerprint density at radius 1 is 1.09 bits per heavy atom. The Morgan fingerprint density at radius 3 is 2.36 bits per heavy atom. The Balaban J connectivity index is 1.93. The van der Waals surface area contributed by atoms with Gasteiger partial charge in [-0.3, -0.25) is 9.59 Å². The number of aromatic nitrogens is 1. The van der Waals surface area contributed by atoms with Gasteiger partial charge in [0, 0.05) is 44.8 Å². The lowest BCUT2D eigenvalue weighted by Gasteiger charge is -2.33. The lowest BCUT2D eigenvalue weighted by Crippen LogP contribution is -2.42. The predicted molar refractivity (Wildman–Crippen MR) is 129 cm³/mol. The number of fused-ring (bicyclic) bond motifs is 1. The number of benzene rings is 2. The number of aromatic carboxylic acids is 1. The molecule has 1 aliphatic rings. The van der Waals surface area contributed by atoms with Crippen LogP contribution in [0.5, 0.6) is 0 Å². The number of carboxylic acid groups (broad SMARTS) is 1. The third kappa shape index (κ3) is 4.49. The van der Waals surface area contributed by atoms with E-state index >= 15 is 0 Å². The molecule has 7 nitrogen and oxygen atoms in total. The van der Waals surface area contributed by atoms with Crippen LogP contribution in [0.3, 0.4) is 0 Å². The molecule has 0 bridgehead atoms. The highest BCUT2D eigenvalue weighted by atomic mass is 16.4. The molecule has 1 amide bonds. The van der Waals surface area contributed by atoms with Crippen LogP contribution in [-0.2, 0) is 13.1 Å². The van der Waals surface area contributed by atoms with Gasteiger partial charge in [0.25, 0.3) is 5.91 Å². The van der Waals surface area contributed by atoms with Gasteiger partial charge in [0.1, 0.15) is 5.56 Å². The largest absolute Gasteiger partial charge is 0.477 e. The number of nitrogens with zero attached hydrogens (tertiary/aromatic N) is 3. The summed E-state index contributed by atoms with van der Waals surface area (Å²) in [5.41, 5.74) is 2.04. The first-order chi connectivity index (χ1) is 15.8. The molecular weight excluding hydrogens is 418 g/mol. The van der Waals surface area contributed by atoms with E-state index in [4.69, 9.17) is 0 Å². The second kappa shape index (κ2) is 9.10. The van der Waals surface area contributed by atoms with Gasteiger partial charge in [-0.2, -0.15) is 0 Å². The van der Waals surface area contributed by atoms with Crippen LogP contribution in [0, 0.1) is 5.92 Å². The van der Waals surface area contributed by atoms with E-state index in [1.807, 2.05) is 66.8 Å². The molecule has 172 valence electrons. The SMILES string of the molecule is CC(C)Cn1cc(C(=O)O)c(=O)c2cc(C(=O)N3CCC3)c(N(C)Cc3ccccc3)cc21. The quantitative estimate of drug-likeness (QED) is 0.595. The zero-order valence-corrected chi connectivity index (χ0v) is 19.2. The molecule has 0 saturated carbocycles. The molecule has 1 N–H and O–H groups in total. The van der Waals surface area contributed by atoms with Crippen molar-refractivity contribution in [3.8, 4) is 0 Å². The summed E-state index contributed by atoms with van der Waals surface area (Å²) in [5.74, 6) is -1.15. The van der Waals surface area contributed by atoms with Crippen molar-refractivity contribution in [1.29, 1.82) is 0 Å². The van der Waals surface area contributed by atoms with Crippen LogP contribution in [0.1, 0.15) is 46.5 Å². The van der Waals surface area contributed by atoms with Crippen molar-refractivity contribution in [2.75, 3.05) is 25.0 Å². The van der Waals surface area contributed by atoms with Crippen LogP contribution in [-0.4, -0.2) is 46.6 Å². The van der Waals surface area contributed by atoms with Crippen molar-refractivity contribution in [3.05, 3.63) is 75.6 Å². The first-order valence-corrected chi connectivity index (χ1v) is 11.2. The fraction of sp³-hybridized carbons (Fsp3) is 0.346. The molecule has 7 heteroatoms. The summed E-state index contributed by atoms with van der Waals surface area (Å²) in [6.45, 7) is 6.59. The molecule has 33 heavy (non-hydrogen) atoms. The number of carboxylic acids is 1. The molecular formula is C26H29N3O4. The van der Waals surface area contributed by atoms with Crippen LogP contribution < -0.4 is 10.3 Å². The van der Waals surface area contributed by atoms with Crippen molar-refractivity contribution in [1.82, 2.24) is 9.47 Å². The number of anilines is 1. The maximum Gasteiger partial charge on any atom is 0.341 e. The lowest BCUT2D eigenvalue weighted by molar-refractivity contribution is 0.0651. The van der Waals surface area contributed by atoms with E-state index in [0.29, 0.717) is 37.3 Å². The highest BCUT2D eigenvalue weighted by Gasteiger charge is 2.27. The first-order valence-electron chi connectivity index (χ1n) is 11.2. The van der Waals surface area contributed by atoms with Crippen LogP contribution >= 0.6 is 0 Å². The Hall–Kier alpha value is -3.61. The normalized spacial score (nSPS) is 13.3. The second-order valence-corrected chi connectivity index (χ2v) is 9.10. The molecule has 0 radical (unpaired) electrons. The van der Waals surface area contributed by atoms with Crippen LogP contribution in [0.15, 0.2) is 53.5 Å². The molecule has 1 saturated heterocycles. The smallest absolute Gasteiger partial charge is 0.341 e. The molecule has 1 fully saturated rings. The van der Waals surface area contributed by atoms with Gasteiger partial charge in [0.05, 0.1) is 16.8 Å². The monoisotopic (exact) mass is 447 g/mol. The average molecular weight is 448 g/mol. The molecule has 0 aliphatic carbocycles. The zero-order chi connectivity index (χ0) is 23.7. The van der Waals surface area contributed by atoms with Crippen LogP contribution in [0.25, 0.3) is 10.9 Å². The summed E-state index contributed by atoms with van der Waals surface area (Å²) < 4.78 is 1.82. The maximum absolute atomic E-state index is 13.3. The van der Waals surface area contributed by atoms with Gasteiger partial charge in [0.15, 0.2) is 0 Å². The zero-order valence-electron chi connectivity index (χ0n) is 19.2. The Labute approximate surface area is 192 Å². The number of rotatable bonds is 7. The molecule has 0 unspecified atom stereocenters. The molecule has 2 aromatic carbocycles. The van der Waals surface area contributed by atoms with Gasteiger partial charge >= 0.3 is 5.97 Å². The van der Waals surface area contributed by atoms with Gasteiger partial charge in [-0.1, -0.05) is 44.2 Å². The van der Waals surface area contributed by atoms with Crippen LogP contribution in [0.4, 0.5) is 5.69 Å². The second-order valence-electron chi connectivity index (χ2n) is 9.10. The topological polar surface area (TPSA) is 82.8 Å². The third-order valence-electron chi connectivity index (χ3n) is 6.04. The highest BCUT2D eigenvalue weighted by Crippen LogP contribution is 2.29. The number of likely N-dealkylation sites (tertiary alicyclic amines) is 1. The van der Waals surface area contributed by atoms with E-state index < -0.39 is 11.4 Å². The highest BCUT2D eigenvalue weighted by molar-refractivity contribution is 6.05. The van der Waals surface area contributed by atoms with Crippen molar-refractivity contribution >= 4 is 28.5 Å². The van der Waals surface area contributed by atoms with E-state index in [0.717, 1.165) is 17.7 Å². The number of hydrogen-bond acceptors (Lipinski definition) is 4. The summed E-state index contributed by atoms with van der Waals surface area (Å²) in [6, 6.07) is 13.4. The number of amides is 1. The van der Waals surface area contributed by atoms with E-state index in [1.165, 1.54) is 6.20 Å². The standard InChI is InChI=1S/C26H29N3O4/c1-17(2)14-29-16-21(26(32)33)24(30)19-12-20(25(31)28-10-7-11-28)22(13-23(19)29)27(3)15-18-8-5-4-6-9-18/h4-6,8-9,12-13,16-17H,7,10-11,14-15H2,1-3H3,(H,32,33). The van der Waals surface area contributed by atoms with Gasteiger partial charge < -0.3 is 19.5 Å². The fourth-order valence-corrected chi connectivity index (χ4v) is 4.24. The van der Waals surface area contributed by atoms with E-state index in [9.17, 15) is 19.5 Å². The third-order valence-corrected chi connectivity index (χ3v) is 6.04. The average Bonchev–Trinajstić information content (AvgIpc) is 2.73. The molecule has 1 aliphatic heterocycles. The lowest BCUT2D eigenvalue weighted by atomic mass is 10.0. The fourth-order valence-electron chi connectivity index (χ4n) is 4.24. The molecule has 1 aromatic heterocycles. The minimum Gasteiger partial charge on any atom is -0.477 e. The van der Waals surface area contributed by atoms with E-state index in [1.54, 1.807) is 11.0 Å². The summed E-state index contributed by atoms with van der Waals surface area (Å²) in [5, 5.41) is 9.87.